The molecular formula is C9H7BrN2O3. The Morgan fingerprint density at radius 2 is 2.47 bits per heavy atom. The third-order valence-corrected chi connectivity index (χ3v) is 1.91. The normalized spacial score (nSPS) is 9.33. The second-order valence-electron chi connectivity index (χ2n) is 2.54. The monoisotopic (exact) mass is 270 g/mol. The smallest absolute Gasteiger partial charge is 0.332 e. The minimum atomic E-state index is -0.553. The minimum absolute atomic E-state index is 0.0153. The largest absolute Gasteiger partial charge is 0.472 e. The number of nitrogens with zero attached hydrogens (tertiary/aromatic N) is 2. The van der Waals surface area contributed by atoms with Gasteiger partial charge in [-0.3, -0.25) is 10.1 Å². The van der Waals surface area contributed by atoms with Crippen molar-refractivity contribution < 1.29 is 9.66 Å². The van der Waals surface area contributed by atoms with Crippen molar-refractivity contribution in [3.63, 3.8) is 0 Å². The summed E-state index contributed by atoms with van der Waals surface area (Å²) in [6.45, 7) is 0.214. The molecule has 0 unspecified atom stereocenters. The molecule has 0 N–H and O–H groups in total. The van der Waals surface area contributed by atoms with Gasteiger partial charge >= 0.3 is 5.69 Å². The Bertz CT molecular complexity index is 414. The fourth-order valence-electron chi connectivity index (χ4n) is 0.865. The number of aromatic nitrogens is 1. The van der Waals surface area contributed by atoms with E-state index in [1.54, 1.807) is 0 Å². The zero-order valence-corrected chi connectivity index (χ0v) is 9.23. The van der Waals surface area contributed by atoms with Crippen LogP contribution < -0.4 is 4.74 Å². The van der Waals surface area contributed by atoms with E-state index in [-0.39, 0.29) is 18.2 Å². The number of rotatable bonds is 4. The number of hydrogen-bond acceptors (Lipinski definition) is 4. The molecule has 0 atom stereocenters. The van der Waals surface area contributed by atoms with E-state index >= 15 is 0 Å². The third-order valence-electron chi connectivity index (χ3n) is 1.48. The number of halogens is 1. The molecule has 1 rings (SSSR count). The maximum absolute atomic E-state index is 10.6. The second kappa shape index (κ2) is 5.32. The second-order valence-corrected chi connectivity index (χ2v) is 3.45. The van der Waals surface area contributed by atoms with Crippen LogP contribution in [0.1, 0.15) is 6.42 Å². The van der Waals surface area contributed by atoms with Gasteiger partial charge in [-0.2, -0.15) is 0 Å². The van der Waals surface area contributed by atoms with Crippen LogP contribution in [0.15, 0.2) is 16.7 Å². The summed E-state index contributed by atoms with van der Waals surface area (Å²) in [4.78, 5) is 13.9. The zero-order chi connectivity index (χ0) is 11.3. The summed E-state index contributed by atoms with van der Waals surface area (Å²) in [5.74, 6) is 2.35. The van der Waals surface area contributed by atoms with Crippen LogP contribution in [0.25, 0.3) is 0 Å². The van der Waals surface area contributed by atoms with Gasteiger partial charge in [-0.15, -0.1) is 12.3 Å². The summed E-state index contributed by atoms with van der Waals surface area (Å²) < 4.78 is 5.60. The van der Waals surface area contributed by atoms with Gasteiger partial charge in [0.05, 0.1) is 4.92 Å². The summed E-state index contributed by atoms with van der Waals surface area (Å²) in [5.41, 5.74) is -0.179. The van der Waals surface area contributed by atoms with Crippen molar-refractivity contribution in [3.8, 4) is 18.2 Å². The van der Waals surface area contributed by atoms with Crippen LogP contribution in [0, 0.1) is 22.5 Å². The molecule has 0 aromatic carbocycles. The zero-order valence-electron chi connectivity index (χ0n) is 7.64. The maximum atomic E-state index is 10.6. The van der Waals surface area contributed by atoms with Crippen LogP contribution in [0.5, 0.6) is 5.88 Å². The SMILES string of the molecule is C#CCCOc1ncc(Br)cc1[N+](=O)[O-]. The van der Waals surface area contributed by atoms with E-state index in [4.69, 9.17) is 11.2 Å². The van der Waals surface area contributed by atoms with Crippen molar-refractivity contribution in [2.45, 2.75) is 6.42 Å². The lowest BCUT2D eigenvalue weighted by Crippen LogP contribution is -2.01. The van der Waals surface area contributed by atoms with E-state index in [1.165, 1.54) is 12.3 Å². The molecule has 0 aliphatic heterocycles. The van der Waals surface area contributed by atoms with Gasteiger partial charge in [-0.05, 0) is 15.9 Å². The van der Waals surface area contributed by atoms with E-state index in [2.05, 4.69) is 26.8 Å². The van der Waals surface area contributed by atoms with E-state index in [0.29, 0.717) is 10.9 Å². The quantitative estimate of drug-likeness (QED) is 0.364. The van der Waals surface area contributed by atoms with Crippen LogP contribution in [0.4, 0.5) is 5.69 Å². The van der Waals surface area contributed by atoms with Gasteiger partial charge in [0, 0.05) is 23.2 Å². The molecule has 0 amide bonds. The van der Waals surface area contributed by atoms with Crippen LogP contribution >= 0.6 is 15.9 Å². The van der Waals surface area contributed by atoms with Crippen molar-refractivity contribution in [2.75, 3.05) is 6.61 Å². The van der Waals surface area contributed by atoms with Gasteiger partial charge in [-0.1, -0.05) is 0 Å². The van der Waals surface area contributed by atoms with Crippen molar-refractivity contribution in [2.24, 2.45) is 0 Å². The molecule has 1 aromatic rings. The van der Waals surface area contributed by atoms with Gasteiger partial charge in [0.2, 0.25) is 0 Å². The first-order valence-corrected chi connectivity index (χ1v) is 4.80. The minimum Gasteiger partial charge on any atom is -0.472 e. The average Bonchev–Trinajstić information content (AvgIpc) is 2.20. The Morgan fingerprint density at radius 1 is 1.73 bits per heavy atom. The molecule has 78 valence electrons. The third kappa shape index (κ3) is 3.22. The van der Waals surface area contributed by atoms with Crippen LogP contribution in [-0.4, -0.2) is 16.5 Å². The molecule has 0 saturated carbocycles. The highest BCUT2D eigenvalue weighted by atomic mass is 79.9. The number of ether oxygens (including phenoxy) is 1. The topological polar surface area (TPSA) is 65.3 Å². The molecule has 0 fully saturated rings. The Morgan fingerprint density at radius 3 is 3.07 bits per heavy atom. The first-order valence-electron chi connectivity index (χ1n) is 4.01. The molecule has 15 heavy (non-hydrogen) atoms. The van der Waals surface area contributed by atoms with Gasteiger partial charge in [0.15, 0.2) is 0 Å². The van der Waals surface area contributed by atoms with E-state index in [1.807, 2.05) is 0 Å². The first-order chi connectivity index (χ1) is 7.15. The standard InChI is InChI=1S/C9H7BrN2O3/c1-2-3-4-15-9-8(12(13)14)5-7(10)6-11-9/h1,5-6H,3-4H2. The fraction of sp³-hybridized carbons (Fsp3) is 0.222. The summed E-state index contributed by atoms with van der Waals surface area (Å²) >= 11 is 3.09. The molecule has 0 radical (unpaired) electrons. The van der Waals surface area contributed by atoms with Crippen molar-refractivity contribution in [3.05, 3.63) is 26.9 Å². The molecule has 0 aliphatic rings. The molecule has 1 heterocycles. The molecular weight excluding hydrogens is 264 g/mol. The van der Waals surface area contributed by atoms with Crippen LogP contribution in [0.2, 0.25) is 0 Å². The summed E-state index contributed by atoms with van der Waals surface area (Å²) in [7, 11) is 0. The van der Waals surface area contributed by atoms with Gasteiger partial charge < -0.3 is 4.74 Å². The number of terminal acetylenes is 1. The van der Waals surface area contributed by atoms with Crippen LogP contribution in [0.3, 0.4) is 0 Å². The number of hydrogen-bond donors (Lipinski definition) is 0. The molecule has 6 heteroatoms. The van der Waals surface area contributed by atoms with E-state index in [0.717, 1.165) is 0 Å². The molecule has 0 saturated heterocycles. The van der Waals surface area contributed by atoms with Crippen molar-refractivity contribution in [1.82, 2.24) is 4.98 Å². The number of pyridine rings is 1. The van der Waals surface area contributed by atoms with Crippen molar-refractivity contribution in [1.29, 1.82) is 0 Å². The van der Waals surface area contributed by atoms with Crippen LogP contribution in [-0.2, 0) is 0 Å². The highest BCUT2D eigenvalue weighted by molar-refractivity contribution is 9.10. The maximum Gasteiger partial charge on any atom is 0.332 e. The predicted octanol–water partition coefficient (Wildman–Crippen LogP) is 2.15. The Balaban J connectivity index is 2.87. The molecule has 1 aromatic heterocycles. The lowest BCUT2D eigenvalue weighted by Gasteiger charge is -2.03. The Hall–Kier alpha value is -1.61. The Kier molecular flexibility index (Phi) is 4.06. The lowest BCUT2D eigenvalue weighted by atomic mass is 10.4. The Labute approximate surface area is 94.7 Å². The lowest BCUT2D eigenvalue weighted by molar-refractivity contribution is -0.386. The summed E-state index contributed by atoms with van der Waals surface area (Å²) in [6, 6.07) is 1.33. The van der Waals surface area contributed by atoms with Gasteiger partial charge in [-0.25, -0.2) is 4.98 Å². The molecule has 5 nitrogen and oxygen atoms in total. The molecule has 0 spiro atoms. The fourth-order valence-corrected chi connectivity index (χ4v) is 1.18. The summed E-state index contributed by atoms with van der Waals surface area (Å²) in [5, 5.41) is 10.6. The van der Waals surface area contributed by atoms with Gasteiger partial charge in [0.1, 0.15) is 6.61 Å². The van der Waals surface area contributed by atoms with E-state index in [9.17, 15) is 10.1 Å². The van der Waals surface area contributed by atoms with E-state index < -0.39 is 4.92 Å². The number of nitro groups is 1. The first kappa shape index (κ1) is 11.5. The average molecular weight is 271 g/mol. The van der Waals surface area contributed by atoms with Gasteiger partial charge in [0.25, 0.3) is 5.88 Å². The van der Waals surface area contributed by atoms with Crippen molar-refractivity contribution >= 4 is 21.6 Å². The summed E-state index contributed by atoms with van der Waals surface area (Å²) in [6.07, 6.45) is 6.84. The molecule has 0 aliphatic carbocycles. The highest BCUT2D eigenvalue weighted by Crippen LogP contribution is 2.27. The molecule has 0 bridgehead atoms. The highest BCUT2D eigenvalue weighted by Gasteiger charge is 2.16. The predicted molar refractivity (Wildman–Crippen MR) is 57.5 cm³/mol.